The Morgan fingerprint density at radius 3 is 2.47 bits per heavy atom. The summed E-state index contributed by atoms with van der Waals surface area (Å²) >= 11 is 0. The van der Waals surface area contributed by atoms with Gasteiger partial charge in [0.05, 0.1) is 6.10 Å². The summed E-state index contributed by atoms with van der Waals surface area (Å²) in [5.41, 5.74) is 2.51. The van der Waals surface area contributed by atoms with E-state index in [4.69, 9.17) is 0 Å². The van der Waals surface area contributed by atoms with Gasteiger partial charge in [0, 0.05) is 12.1 Å². The Morgan fingerprint density at radius 1 is 1.29 bits per heavy atom. The lowest BCUT2D eigenvalue weighted by Gasteiger charge is -2.33. The predicted molar refractivity (Wildman–Crippen MR) is 71.0 cm³/mol. The fourth-order valence-electron chi connectivity index (χ4n) is 2.60. The quantitative estimate of drug-likeness (QED) is 0.867. The van der Waals surface area contributed by atoms with Gasteiger partial charge in [-0.2, -0.15) is 0 Å². The van der Waals surface area contributed by atoms with Gasteiger partial charge in [-0.15, -0.1) is 0 Å². The van der Waals surface area contributed by atoms with E-state index in [2.05, 4.69) is 37.8 Å². The molecule has 94 valence electrons. The maximum Gasteiger partial charge on any atom is 0.0917 e. The fourth-order valence-corrected chi connectivity index (χ4v) is 2.60. The van der Waals surface area contributed by atoms with Crippen LogP contribution in [-0.2, 0) is 0 Å². The summed E-state index contributed by atoms with van der Waals surface area (Å²) in [6.07, 6.45) is 2.11. The van der Waals surface area contributed by atoms with Crippen LogP contribution in [0.2, 0.25) is 0 Å². The molecule has 17 heavy (non-hydrogen) atoms. The molecule has 2 rings (SSSR count). The SMILES string of the molecule is Cc1ccc(C(O)CN2CCCC2(C)C)cc1. The topological polar surface area (TPSA) is 23.5 Å². The van der Waals surface area contributed by atoms with Gasteiger partial charge >= 0.3 is 0 Å². The number of likely N-dealkylation sites (tertiary alicyclic amines) is 1. The molecule has 1 saturated heterocycles. The van der Waals surface area contributed by atoms with Crippen LogP contribution >= 0.6 is 0 Å². The van der Waals surface area contributed by atoms with Gasteiger partial charge in [-0.3, -0.25) is 4.90 Å². The van der Waals surface area contributed by atoms with E-state index in [9.17, 15) is 5.11 Å². The fraction of sp³-hybridized carbons (Fsp3) is 0.600. The Labute approximate surface area is 104 Å². The van der Waals surface area contributed by atoms with E-state index in [0.717, 1.165) is 18.7 Å². The van der Waals surface area contributed by atoms with E-state index in [1.165, 1.54) is 18.4 Å². The van der Waals surface area contributed by atoms with Gasteiger partial charge in [-0.1, -0.05) is 29.8 Å². The third kappa shape index (κ3) is 2.88. The van der Waals surface area contributed by atoms with Crippen molar-refractivity contribution in [3.63, 3.8) is 0 Å². The first-order chi connectivity index (χ1) is 7.99. The molecule has 1 heterocycles. The predicted octanol–water partition coefficient (Wildman–Crippen LogP) is 2.90. The Kier molecular flexibility index (Phi) is 3.55. The van der Waals surface area contributed by atoms with Gasteiger partial charge in [0.2, 0.25) is 0 Å². The first-order valence-electron chi connectivity index (χ1n) is 6.49. The van der Waals surface area contributed by atoms with E-state index in [-0.39, 0.29) is 11.6 Å². The number of hydrogen-bond donors (Lipinski definition) is 1. The van der Waals surface area contributed by atoms with Crippen molar-refractivity contribution in [3.05, 3.63) is 35.4 Å². The van der Waals surface area contributed by atoms with Crippen molar-refractivity contribution < 1.29 is 5.11 Å². The molecule has 1 aromatic rings. The molecule has 0 radical (unpaired) electrons. The van der Waals surface area contributed by atoms with Gasteiger partial charge in [0.15, 0.2) is 0 Å². The molecular weight excluding hydrogens is 210 g/mol. The van der Waals surface area contributed by atoms with Crippen molar-refractivity contribution in [2.24, 2.45) is 0 Å². The highest BCUT2D eigenvalue weighted by atomic mass is 16.3. The molecule has 2 heteroatoms. The summed E-state index contributed by atoms with van der Waals surface area (Å²) in [7, 11) is 0. The smallest absolute Gasteiger partial charge is 0.0917 e. The Hall–Kier alpha value is -0.860. The summed E-state index contributed by atoms with van der Waals surface area (Å²) in [6.45, 7) is 8.45. The highest BCUT2D eigenvalue weighted by Crippen LogP contribution is 2.30. The molecule has 2 nitrogen and oxygen atoms in total. The summed E-state index contributed by atoms with van der Waals surface area (Å²) in [4.78, 5) is 2.40. The van der Waals surface area contributed by atoms with Crippen LogP contribution in [0.25, 0.3) is 0 Å². The second-order valence-corrected chi connectivity index (χ2v) is 5.79. The van der Waals surface area contributed by atoms with Gasteiger partial charge in [-0.05, 0) is 45.7 Å². The first kappa shape index (κ1) is 12.6. The zero-order valence-corrected chi connectivity index (χ0v) is 11.1. The Balaban J connectivity index is 2.01. The Morgan fingerprint density at radius 2 is 1.94 bits per heavy atom. The maximum atomic E-state index is 10.3. The number of aliphatic hydroxyl groups is 1. The van der Waals surface area contributed by atoms with Crippen molar-refractivity contribution >= 4 is 0 Å². The summed E-state index contributed by atoms with van der Waals surface area (Å²) < 4.78 is 0. The van der Waals surface area contributed by atoms with Crippen molar-refractivity contribution in [1.82, 2.24) is 4.90 Å². The van der Waals surface area contributed by atoms with E-state index >= 15 is 0 Å². The maximum absolute atomic E-state index is 10.3. The normalized spacial score (nSPS) is 21.6. The minimum Gasteiger partial charge on any atom is -0.387 e. The van der Waals surface area contributed by atoms with E-state index in [0.29, 0.717) is 0 Å². The minimum absolute atomic E-state index is 0.242. The highest BCUT2D eigenvalue weighted by Gasteiger charge is 2.32. The molecule has 1 fully saturated rings. The van der Waals surface area contributed by atoms with Crippen LogP contribution in [0.5, 0.6) is 0 Å². The van der Waals surface area contributed by atoms with Crippen LogP contribution in [0.15, 0.2) is 24.3 Å². The molecule has 1 aliphatic heterocycles. The number of aliphatic hydroxyl groups excluding tert-OH is 1. The average molecular weight is 233 g/mol. The molecule has 1 atom stereocenters. The van der Waals surface area contributed by atoms with Crippen molar-refractivity contribution in [3.8, 4) is 0 Å². The monoisotopic (exact) mass is 233 g/mol. The van der Waals surface area contributed by atoms with Gasteiger partial charge in [0.1, 0.15) is 0 Å². The lowest BCUT2D eigenvalue weighted by atomic mass is 10.0. The highest BCUT2D eigenvalue weighted by molar-refractivity contribution is 5.23. The number of hydrogen-bond acceptors (Lipinski definition) is 2. The van der Waals surface area contributed by atoms with E-state index in [1.54, 1.807) is 0 Å². The standard InChI is InChI=1S/C15H23NO/c1-12-5-7-13(8-6-12)14(17)11-16-10-4-9-15(16,2)3/h5-8,14,17H,4,9-11H2,1-3H3. The zero-order valence-electron chi connectivity index (χ0n) is 11.1. The van der Waals surface area contributed by atoms with Gasteiger partial charge in [0.25, 0.3) is 0 Å². The van der Waals surface area contributed by atoms with Crippen LogP contribution in [0.3, 0.4) is 0 Å². The molecule has 0 aliphatic carbocycles. The zero-order chi connectivity index (χ0) is 12.5. The van der Waals surface area contributed by atoms with Crippen molar-refractivity contribution in [2.45, 2.75) is 45.3 Å². The summed E-state index contributed by atoms with van der Waals surface area (Å²) in [6, 6.07) is 8.19. The van der Waals surface area contributed by atoms with Crippen molar-refractivity contribution in [2.75, 3.05) is 13.1 Å². The summed E-state index contributed by atoms with van der Waals surface area (Å²) in [5.74, 6) is 0. The Bertz CT molecular complexity index is 369. The number of benzene rings is 1. The molecule has 0 spiro atoms. The molecule has 1 unspecified atom stereocenters. The van der Waals surface area contributed by atoms with E-state index < -0.39 is 0 Å². The van der Waals surface area contributed by atoms with Crippen LogP contribution in [-0.4, -0.2) is 28.6 Å². The number of nitrogens with zero attached hydrogens (tertiary/aromatic N) is 1. The summed E-state index contributed by atoms with van der Waals surface area (Å²) in [5, 5.41) is 10.3. The molecule has 0 aromatic heterocycles. The average Bonchev–Trinajstić information content (AvgIpc) is 2.59. The molecule has 0 saturated carbocycles. The van der Waals surface area contributed by atoms with E-state index in [1.807, 2.05) is 12.1 Å². The third-order valence-electron chi connectivity index (χ3n) is 3.93. The molecule has 1 aliphatic rings. The van der Waals surface area contributed by atoms with Gasteiger partial charge < -0.3 is 5.11 Å². The first-order valence-corrected chi connectivity index (χ1v) is 6.49. The molecular formula is C15H23NO. The molecule has 1 aromatic carbocycles. The van der Waals surface area contributed by atoms with Crippen LogP contribution in [0.1, 0.15) is 43.9 Å². The van der Waals surface area contributed by atoms with Gasteiger partial charge in [-0.25, -0.2) is 0 Å². The lowest BCUT2D eigenvalue weighted by Crippen LogP contribution is -2.40. The number of β-amino-alcohol motifs (C(OH)–C–C–N with tert-alkyl or cyclic N) is 1. The number of aryl methyl sites for hydroxylation is 1. The second kappa shape index (κ2) is 4.79. The lowest BCUT2D eigenvalue weighted by molar-refractivity contribution is 0.0779. The molecule has 0 bridgehead atoms. The van der Waals surface area contributed by atoms with Crippen LogP contribution in [0, 0.1) is 6.92 Å². The van der Waals surface area contributed by atoms with Crippen LogP contribution in [0.4, 0.5) is 0 Å². The second-order valence-electron chi connectivity index (χ2n) is 5.79. The molecule has 0 amide bonds. The molecule has 1 N–H and O–H groups in total. The minimum atomic E-state index is -0.368. The third-order valence-corrected chi connectivity index (χ3v) is 3.93. The van der Waals surface area contributed by atoms with Crippen molar-refractivity contribution in [1.29, 1.82) is 0 Å². The largest absolute Gasteiger partial charge is 0.387 e. The number of rotatable bonds is 3. The van der Waals surface area contributed by atoms with Crippen LogP contribution < -0.4 is 0 Å².